The molecule has 1 aromatic carbocycles. The molecule has 3 aromatic rings. The third-order valence-electron chi connectivity index (χ3n) is 4.06. The van der Waals surface area contributed by atoms with Gasteiger partial charge in [-0.2, -0.15) is 8.42 Å². The maximum Gasteiger partial charge on any atom is 0.299 e. The first-order valence-electron chi connectivity index (χ1n) is 8.32. The molecule has 10 heteroatoms. The summed E-state index contributed by atoms with van der Waals surface area (Å²) in [6.45, 7) is 3.79. The van der Waals surface area contributed by atoms with E-state index < -0.39 is 11.0 Å². The van der Waals surface area contributed by atoms with Gasteiger partial charge in [-0.15, -0.1) is 0 Å². The zero-order valence-corrected chi connectivity index (χ0v) is 17.4. The minimum atomic E-state index is -3.09. The molecule has 2 aromatic heterocycles. The summed E-state index contributed by atoms with van der Waals surface area (Å²) >= 11 is 1.39. The van der Waals surface area contributed by atoms with E-state index in [0.29, 0.717) is 33.1 Å². The number of thiol groups is 1. The number of benzene rings is 1. The van der Waals surface area contributed by atoms with Gasteiger partial charge in [0, 0.05) is 29.3 Å². The second-order valence-electron chi connectivity index (χ2n) is 6.17. The molecule has 2 heterocycles. The van der Waals surface area contributed by atoms with Crippen LogP contribution < -0.4 is 14.5 Å². The highest BCUT2D eigenvalue weighted by Crippen LogP contribution is 2.30. The predicted octanol–water partition coefficient (Wildman–Crippen LogP) is 2.68. The van der Waals surface area contributed by atoms with Crippen LogP contribution >= 0.6 is 11.8 Å². The highest BCUT2D eigenvalue weighted by Gasteiger charge is 2.17. The lowest BCUT2D eigenvalue weighted by molar-refractivity contribution is 0.412. The van der Waals surface area contributed by atoms with Crippen molar-refractivity contribution in [3.05, 3.63) is 40.8 Å². The molecule has 0 bridgehead atoms. The largest absolute Gasteiger partial charge is 0.497 e. The fourth-order valence-electron chi connectivity index (χ4n) is 2.87. The molecule has 0 fully saturated rings. The molecule has 0 aliphatic rings. The van der Waals surface area contributed by atoms with Gasteiger partial charge in [0.2, 0.25) is 0 Å². The first-order valence-corrected chi connectivity index (χ1v) is 10.6. The van der Waals surface area contributed by atoms with E-state index in [-0.39, 0.29) is 17.4 Å². The van der Waals surface area contributed by atoms with Crippen molar-refractivity contribution in [1.29, 1.82) is 0 Å². The fourth-order valence-corrected chi connectivity index (χ4v) is 3.49. The summed E-state index contributed by atoms with van der Waals surface area (Å²) in [6.07, 6.45) is 3.54. The summed E-state index contributed by atoms with van der Waals surface area (Å²) < 4.78 is 33.5. The molecule has 0 saturated heterocycles. The number of ether oxygens (including phenoxy) is 1. The molecule has 3 rings (SSSR count). The van der Waals surface area contributed by atoms with Crippen LogP contribution in [0, 0.1) is 0 Å². The van der Waals surface area contributed by atoms with Gasteiger partial charge >= 0.3 is 0 Å². The molecule has 0 saturated carbocycles. The fraction of sp³-hybridized carbons (Fsp3) is 0.278. The van der Waals surface area contributed by atoms with Crippen molar-refractivity contribution in [3.63, 3.8) is 0 Å². The molecule has 0 amide bonds. The number of fused-ring (bicyclic) bond motifs is 1. The Labute approximate surface area is 167 Å². The summed E-state index contributed by atoms with van der Waals surface area (Å²) in [7, 11) is -1.65. The van der Waals surface area contributed by atoms with Crippen LogP contribution in [0.25, 0.3) is 22.2 Å². The number of hydrogen-bond donors (Lipinski definition) is 1. The normalized spacial score (nSPS) is 11.4. The van der Waals surface area contributed by atoms with Crippen LogP contribution in [-0.2, 0) is 11.0 Å². The first-order chi connectivity index (χ1) is 13.3. The van der Waals surface area contributed by atoms with Crippen molar-refractivity contribution < 1.29 is 17.3 Å². The Kier molecular flexibility index (Phi) is 5.90. The number of thioether (sulfide) groups is 1. The molecular formula is C18H19N3O5S2. The van der Waals surface area contributed by atoms with Gasteiger partial charge in [0.05, 0.1) is 7.11 Å². The van der Waals surface area contributed by atoms with Gasteiger partial charge < -0.3 is 8.92 Å². The minimum Gasteiger partial charge on any atom is -0.497 e. The Morgan fingerprint density at radius 2 is 1.86 bits per heavy atom. The Morgan fingerprint density at radius 3 is 2.46 bits per heavy atom. The Balaban J connectivity index is 2.32. The van der Waals surface area contributed by atoms with Crippen LogP contribution in [0.5, 0.6) is 11.5 Å². The van der Waals surface area contributed by atoms with Crippen molar-refractivity contribution in [2.45, 2.75) is 25.0 Å². The number of aromatic nitrogens is 3. The molecule has 0 atom stereocenters. The number of pyridine rings is 1. The van der Waals surface area contributed by atoms with Gasteiger partial charge in [-0.25, -0.2) is 9.97 Å². The summed E-state index contributed by atoms with van der Waals surface area (Å²) in [6, 6.07) is 6.12. The first kappa shape index (κ1) is 20.2. The lowest BCUT2D eigenvalue weighted by Crippen LogP contribution is -2.24. The zero-order valence-electron chi connectivity index (χ0n) is 15.7. The van der Waals surface area contributed by atoms with Gasteiger partial charge in [-0.1, -0.05) is 11.8 Å². The third-order valence-corrected chi connectivity index (χ3v) is 4.98. The standard InChI is InChI=1S/C18H19N3O5S2/c1-10(2)21-16-12(9-19-18(20-16)27-4)7-15(17(21)22)11-5-13(25-3)8-14(6-11)26-28(23)24/h5-10,28H,1-4H3. The summed E-state index contributed by atoms with van der Waals surface area (Å²) in [4.78, 5) is 22.0. The van der Waals surface area contributed by atoms with Crippen LogP contribution in [0.3, 0.4) is 0 Å². The van der Waals surface area contributed by atoms with Crippen molar-refractivity contribution in [2.75, 3.05) is 13.4 Å². The minimum absolute atomic E-state index is 0.0648. The Morgan fingerprint density at radius 1 is 1.14 bits per heavy atom. The molecule has 148 valence electrons. The number of rotatable bonds is 6. The van der Waals surface area contributed by atoms with Gasteiger partial charge in [0.1, 0.15) is 17.1 Å². The molecule has 0 unspecified atom stereocenters. The molecule has 28 heavy (non-hydrogen) atoms. The van der Waals surface area contributed by atoms with E-state index in [4.69, 9.17) is 8.92 Å². The molecule has 0 N–H and O–H groups in total. The van der Waals surface area contributed by atoms with E-state index in [9.17, 15) is 13.2 Å². The monoisotopic (exact) mass is 421 g/mol. The van der Waals surface area contributed by atoms with Gasteiger partial charge in [-0.3, -0.25) is 9.36 Å². The quantitative estimate of drug-likeness (QED) is 0.368. The lowest BCUT2D eigenvalue weighted by Gasteiger charge is -2.16. The van der Waals surface area contributed by atoms with Crippen molar-refractivity contribution in [1.82, 2.24) is 14.5 Å². The molecule has 0 aliphatic heterocycles. The number of nitrogens with zero attached hydrogens (tertiary/aromatic N) is 3. The summed E-state index contributed by atoms with van der Waals surface area (Å²) in [5.41, 5.74) is 1.14. The van der Waals surface area contributed by atoms with Crippen LogP contribution in [0.1, 0.15) is 19.9 Å². The van der Waals surface area contributed by atoms with Gasteiger partial charge in [0.15, 0.2) is 5.16 Å². The molecule has 8 nitrogen and oxygen atoms in total. The van der Waals surface area contributed by atoms with Crippen molar-refractivity contribution in [2.24, 2.45) is 0 Å². The van der Waals surface area contributed by atoms with E-state index in [1.165, 1.54) is 31.0 Å². The second kappa shape index (κ2) is 8.19. The van der Waals surface area contributed by atoms with E-state index in [1.54, 1.807) is 22.9 Å². The number of hydrogen-bond acceptors (Lipinski definition) is 8. The van der Waals surface area contributed by atoms with Crippen molar-refractivity contribution in [3.8, 4) is 22.6 Å². The summed E-state index contributed by atoms with van der Waals surface area (Å²) in [5, 5.41) is 1.27. The van der Waals surface area contributed by atoms with E-state index in [0.717, 1.165) is 0 Å². The smallest absolute Gasteiger partial charge is 0.299 e. The highest BCUT2D eigenvalue weighted by molar-refractivity contribution is 7.98. The van der Waals surface area contributed by atoms with E-state index in [1.807, 2.05) is 20.1 Å². The maximum absolute atomic E-state index is 13.3. The topological polar surface area (TPSA) is 100 Å². The zero-order chi connectivity index (χ0) is 20.4. The van der Waals surface area contributed by atoms with Gasteiger partial charge in [0.25, 0.3) is 16.5 Å². The lowest BCUT2D eigenvalue weighted by atomic mass is 10.0. The van der Waals surface area contributed by atoms with Crippen LogP contribution in [0.4, 0.5) is 0 Å². The van der Waals surface area contributed by atoms with Gasteiger partial charge in [-0.05, 0) is 43.9 Å². The summed E-state index contributed by atoms with van der Waals surface area (Å²) in [5.74, 6) is 0.434. The molecule has 0 radical (unpaired) electrons. The molecular weight excluding hydrogens is 402 g/mol. The average molecular weight is 422 g/mol. The van der Waals surface area contributed by atoms with E-state index >= 15 is 0 Å². The third kappa shape index (κ3) is 3.97. The Bertz CT molecular complexity index is 1160. The van der Waals surface area contributed by atoms with E-state index in [2.05, 4.69) is 9.97 Å². The highest BCUT2D eigenvalue weighted by atomic mass is 32.2. The SMILES string of the molecule is COc1cc(O[SH](=O)=O)cc(-c2cc3cnc(SC)nc3n(C(C)C)c2=O)c1. The van der Waals surface area contributed by atoms with Crippen LogP contribution in [0.2, 0.25) is 0 Å². The van der Waals surface area contributed by atoms with Crippen LogP contribution in [0.15, 0.2) is 40.4 Å². The average Bonchev–Trinajstić information content (AvgIpc) is 2.65. The molecule has 0 spiro atoms. The maximum atomic E-state index is 13.3. The Hall–Kier alpha value is -2.59. The van der Waals surface area contributed by atoms with Crippen molar-refractivity contribution >= 4 is 33.8 Å². The second-order valence-corrected chi connectivity index (χ2v) is 7.58. The number of methoxy groups -OCH3 is 1. The predicted molar refractivity (Wildman–Crippen MR) is 109 cm³/mol. The van der Waals surface area contributed by atoms with Crippen LogP contribution in [-0.4, -0.2) is 36.3 Å². The molecule has 0 aliphatic carbocycles.